The van der Waals surface area contributed by atoms with E-state index in [1.54, 1.807) is 0 Å². The second-order valence-corrected chi connectivity index (χ2v) is 5.97. The maximum absolute atomic E-state index is 12.8. The zero-order valence-electron chi connectivity index (χ0n) is 11.9. The van der Waals surface area contributed by atoms with Crippen molar-refractivity contribution in [3.05, 3.63) is 35.4 Å². The first-order valence-corrected chi connectivity index (χ1v) is 7.29. The van der Waals surface area contributed by atoms with E-state index in [1.165, 1.54) is 11.1 Å². The number of nitrogens with two attached hydrogens (primary N) is 1. The molecule has 0 bridgehead atoms. The minimum Gasteiger partial charge on any atom is -0.339 e. The smallest absolute Gasteiger partial charge is 0.230 e. The van der Waals surface area contributed by atoms with Crippen LogP contribution in [0, 0.1) is 5.92 Å². The van der Waals surface area contributed by atoms with Crippen molar-refractivity contribution >= 4 is 18.3 Å². The lowest BCUT2D eigenvalue weighted by atomic mass is 9.99. The van der Waals surface area contributed by atoms with Crippen LogP contribution in [0.15, 0.2) is 24.3 Å². The van der Waals surface area contributed by atoms with Gasteiger partial charge in [-0.1, -0.05) is 24.3 Å². The van der Waals surface area contributed by atoms with E-state index in [2.05, 4.69) is 30.0 Å². The van der Waals surface area contributed by atoms with Crippen LogP contribution < -0.4 is 5.73 Å². The van der Waals surface area contributed by atoms with Crippen LogP contribution in [0.25, 0.3) is 0 Å². The SMILES string of the molecule is CC1CC(CN)CN1C(=O)C1CCc2ccccc21.Cl. The summed E-state index contributed by atoms with van der Waals surface area (Å²) in [5.74, 6) is 0.874. The highest BCUT2D eigenvalue weighted by Gasteiger charge is 2.37. The summed E-state index contributed by atoms with van der Waals surface area (Å²) >= 11 is 0. The first kappa shape index (κ1) is 15.3. The summed E-state index contributed by atoms with van der Waals surface area (Å²) < 4.78 is 0. The molecule has 3 nitrogen and oxygen atoms in total. The molecule has 4 heteroatoms. The van der Waals surface area contributed by atoms with Gasteiger partial charge in [0.2, 0.25) is 5.91 Å². The monoisotopic (exact) mass is 294 g/mol. The molecule has 2 N–H and O–H groups in total. The van der Waals surface area contributed by atoms with Crippen LogP contribution in [-0.4, -0.2) is 29.9 Å². The second-order valence-electron chi connectivity index (χ2n) is 5.97. The van der Waals surface area contributed by atoms with Crippen LogP contribution in [0.3, 0.4) is 0 Å². The summed E-state index contributed by atoms with van der Waals surface area (Å²) in [6.07, 6.45) is 3.06. The molecule has 1 aromatic carbocycles. The number of carbonyl (C=O) groups excluding carboxylic acids is 1. The molecule has 1 saturated heterocycles. The molecular formula is C16H23ClN2O. The predicted molar refractivity (Wildman–Crippen MR) is 83.1 cm³/mol. The van der Waals surface area contributed by atoms with Gasteiger partial charge in [0.05, 0.1) is 5.92 Å². The zero-order valence-corrected chi connectivity index (χ0v) is 12.7. The predicted octanol–water partition coefficient (Wildman–Crippen LogP) is 2.33. The first-order chi connectivity index (χ1) is 9.20. The topological polar surface area (TPSA) is 46.3 Å². The standard InChI is InChI=1S/C16H22N2O.ClH/c1-11-8-12(9-17)10-18(11)16(19)15-7-6-13-4-2-3-5-14(13)15;/h2-5,11-12,15H,6-10,17H2,1H3;1H. The number of nitrogens with zero attached hydrogens (tertiary/aromatic N) is 1. The summed E-state index contributed by atoms with van der Waals surface area (Å²) in [6.45, 7) is 3.68. The van der Waals surface area contributed by atoms with E-state index in [1.807, 2.05) is 6.07 Å². The number of benzene rings is 1. The van der Waals surface area contributed by atoms with E-state index >= 15 is 0 Å². The number of carbonyl (C=O) groups is 1. The second kappa shape index (κ2) is 6.15. The molecule has 1 fully saturated rings. The number of aryl methyl sites for hydroxylation is 1. The third kappa shape index (κ3) is 2.57. The van der Waals surface area contributed by atoms with E-state index in [0.29, 0.717) is 24.4 Å². The van der Waals surface area contributed by atoms with Gasteiger partial charge in [-0.2, -0.15) is 0 Å². The van der Waals surface area contributed by atoms with Crippen molar-refractivity contribution < 1.29 is 4.79 Å². The average molecular weight is 295 g/mol. The highest BCUT2D eigenvalue weighted by atomic mass is 35.5. The number of amides is 1. The molecule has 1 aromatic rings. The fourth-order valence-electron chi connectivity index (χ4n) is 3.63. The Balaban J connectivity index is 0.00000147. The number of rotatable bonds is 2. The molecule has 0 spiro atoms. The van der Waals surface area contributed by atoms with E-state index in [4.69, 9.17) is 5.73 Å². The van der Waals surface area contributed by atoms with Gasteiger partial charge in [-0.05, 0) is 49.8 Å². The molecule has 0 saturated carbocycles. The van der Waals surface area contributed by atoms with Crippen molar-refractivity contribution in [2.75, 3.05) is 13.1 Å². The Kier molecular flexibility index (Phi) is 4.71. The van der Waals surface area contributed by atoms with Crippen LogP contribution in [0.2, 0.25) is 0 Å². The van der Waals surface area contributed by atoms with Crippen molar-refractivity contribution in [3.63, 3.8) is 0 Å². The Morgan fingerprint density at radius 1 is 1.40 bits per heavy atom. The molecule has 3 atom stereocenters. The number of hydrogen-bond donors (Lipinski definition) is 1. The fourth-order valence-corrected chi connectivity index (χ4v) is 3.63. The number of hydrogen-bond acceptors (Lipinski definition) is 2. The summed E-state index contributed by atoms with van der Waals surface area (Å²) in [5.41, 5.74) is 8.35. The van der Waals surface area contributed by atoms with E-state index in [-0.39, 0.29) is 18.3 Å². The van der Waals surface area contributed by atoms with Crippen molar-refractivity contribution in [2.45, 2.75) is 38.1 Å². The third-order valence-electron chi connectivity index (χ3n) is 4.71. The van der Waals surface area contributed by atoms with Crippen LogP contribution in [0.1, 0.15) is 36.8 Å². The number of likely N-dealkylation sites (tertiary alicyclic amines) is 1. The van der Waals surface area contributed by atoms with Crippen LogP contribution >= 0.6 is 12.4 Å². The lowest BCUT2D eigenvalue weighted by molar-refractivity contribution is -0.133. The van der Waals surface area contributed by atoms with E-state index in [0.717, 1.165) is 25.8 Å². The van der Waals surface area contributed by atoms with Gasteiger partial charge in [0.25, 0.3) is 0 Å². The highest BCUT2D eigenvalue weighted by Crippen LogP contribution is 2.36. The first-order valence-electron chi connectivity index (χ1n) is 7.29. The Morgan fingerprint density at radius 3 is 2.85 bits per heavy atom. The van der Waals surface area contributed by atoms with Crippen LogP contribution in [0.4, 0.5) is 0 Å². The molecule has 1 aliphatic carbocycles. The van der Waals surface area contributed by atoms with Crippen molar-refractivity contribution in [1.29, 1.82) is 0 Å². The van der Waals surface area contributed by atoms with E-state index in [9.17, 15) is 4.79 Å². The van der Waals surface area contributed by atoms with Crippen LogP contribution in [-0.2, 0) is 11.2 Å². The molecule has 1 aliphatic heterocycles. The Morgan fingerprint density at radius 2 is 2.15 bits per heavy atom. The summed E-state index contributed by atoms with van der Waals surface area (Å²) in [7, 11) is 0. The molecule has 2 aliphatic rings. The van der Waals surface area contributed by atoms with Crippen molar-refractivity contribution in [3.8, 4) is 0 Å². The summed E-state index contributed by atoms with van der Waals surface area (Å²) in [5, 5.41) is 0. The van der Waals surface area contributed by atoms with Crippen molar-refractivity contribution in [2.24, 2.45) is 11.7 Å². The minimum absolute atomic E-state index is 0. The average Bonchev–Trinajstić information content (AvgIpc) is 3.01. The van der Waals surface area contributed by atoms with Gasteiger partial charge >= 0.3 is 0 Å². The molecule has 110 valence electrons. The normalized spacial score (nSPS) is 28.1. The molecular weight excluding hydrogens is 272 g/mol. The quantitative estimate of drug-likeness (QED) is 0.910. The molecule has 0 aromatic heterocycles. The summed E-state index contributed by atoms with van der Waals surface area (Å²) in [6, 6.07) is 8.72. The molecule has 1 heterocycles. The zero-order chi connectivity index (χ0) is 13.4. The van der Waals surface area contributed by atoms with Gasteiger partial charge in [-0.3, -0.25) is 4.79 Å². The minimum atomic E-state index is 0. The maximum Gasteiger partial charge on any atom is 0.230 e. The number of halogens is 1. The fraction of sp³-hybridized carbons (Fsp3) is 0.562. The Labute approximate surface area is 126 Å². The molecule has 0 radical (unpaired) electrons. The van der Waals surface area contributed by atoms with Gasteiger partial charge in [-0.15, -0.1) is 12.4 Å². The van der Waals surface area contributed by atoms with Gasteiger partial charge in [0.1, 0.15) is 0 Å². The molecule has 20 heavy (non-hydrogen) atoms. The Hall–Kier alpha value is -1.06. The third-order valence-corrected chi connectivity index (χ3v) is 4.71. The molecule has 3 rings (SSSR count). The lowest BCUT2D eigenvalue weighted by Gasteiger charge is -2.25. The van der Waals surface area contributed by atoms with Gasteiger partial charge in [0.15, 0.2) is 0 Å². The Bertz CT molecular complexity index is 491. The van der Waals surface area contributed by atoms with E-state index < -0.39 is 0 Å². The van der Waals surface area contributed by atoms with Gasteiger partial charge in [-0.25, -0.2) is 0 Å². The highest BCUT2D eigenvalue weighted by molar-refractivity contribution is 5.86. The van der Waals surface area contributed by atoms with Gasteiger partial charge < -0.3 is 10.6 Å². The largest absolute Gasteiger partial charge is 0.339 e. The summed E-state index contributed by atoms with van der Waals surface area (Å²) in [4.78, 5) is 14.8. The molecule has 1 amide bonds. The van der Waals surface area contributed by atoms with Crippen molar-refractivity contribution in [1.82, 2.24) is 4.90 Å². The van der Waals surface area contributed by atoms with Gasteiger partial charge in [0, 0.05) is 12.6 Å². The molecule has 3 unspecified atom stereocenters. The maximum atomic E-state index is 12.8. The van der Waals surface area contributed by atoms with Crippen LogP contribution in [0.5, 0.6) is 0 Å². The lowest BCUT2D eigenvalue weighted by Crippen LogP contribution is -2.37. The number of fused-ring (bicyclic) bond motifs is 1.